The van der Waals surface area contributed by atoms with Crippen molar-refractivity contribution in [3.63, 3.8) is 0 Å². The fourth-order valence-corrected chi connectivity index (χ4v) is 11.3. The van der Waals surface area contributed by atoms with Gasteiger partial charge in [-0.3, -0.25) is 13.7 Å². The van der Waals surface area contributed by atoms with E-state index in [1.807, 2.05) is 13.0 Å². The minimum Gasteiger partial charge on any atom is -0.264 e. The molecule has 4 aliphatic rings. The molecule has 0 aromatic heterocycles. The summed E-state index contributed by atoms with van der Waals surface area (Å²) >= 11 is 0. The van der Waals surface area contributed by atoms with Gasteiger partial charge in [-0.2, -0.15) is 25.3 Å². The lowest BCUT2D eigenvalue weighted by molar-refractivity contribution is -0.184. The summed E-state index contributed by atoms with van der Waals surface area (Å²) in [5.41, 5.74) is -0.808. The van der Waals surface area contributed by atoms with Gasteiger partial charge in [0.25, 0.3) is 0 Å². The Balaban J connectivity index is 1.70. The van der Waals surface area contributed by atoms with Crippen molar-refractivity contribution in [3.05, 3.63) is 12.7 Å². The van der Waals surface area contributed by atoms with E-state index in [1.165, 1.54) is 0 Å². The number of unbranched alkanes of at least 4 members (excludes halogenated alkanes) is 1. The molecule has 0 amide bonds. The van der Waals surface area contributed by atoms with Crippen LogP contribution in [0.25, 0.3) is 0 Å². The Bertz CT molecular complexity index is 1300. The monoisotopic (exact) mass is 644 g/mol. The number of rotatable bonds is 11. The smallest absolute Gasteiger partial charge is 0.264 e. The lowest BCUT2D eigenvalue weighted by Crippen LogP contribution is -2.62. The van der Waals surface area contributed by atoms with E-state index in [0.29, 0.717) is 18.3 Å². The largest absolute Gasteiger partial charge is 0.397 e. The van der Waals surface area contributed by atoms with Gasteiger partial charge >= 0.3 is 31.2 Å². The molecule has 0 aromatic carbocycles. The minimum atomic E-state index is -5.06. The van der Waals surface area contributed by atoms with Gasteiger partial charge in [0, 0.05) is 0 Å². The third-order valence-electron chi connectivity index (χ3n) is 11.2. The van der Waals surface area contributed by atoms with E-state index >= 15 is 0 Å². The predicted molar refractivity (Wildman–Crippen MR) is 148 cm³/mol. The van der Waals surface area contributed by atoms with Crippen molar-refractivity contribution in [2.45, 2.75) is 103 Å². The predicted octanol–water partition coefficient (Wildman–Crippen LogP) is 4.42. The van der Waals surface area contributed by atoms with Crippen molar-refractivity contribution in [1.29, 1.82) is 0 Å². The van der Waals surface area contributed by atoms with Crippen molar-refractivity contribution in [1.82, 2.24) is 0 Å². The number of allylic oxidation sites excluding steroid dienone is 1. The third-order valence-corrected chi connectivity index (χ3v) is 12.7. The van der Waals surface area contributed by atoms with Crippen molar-refractivity contribution in [2.24, 2.45) is 46.3 Å². The molecule has 0 aliphatic heterocycles. The summed E-state index contributed by atoms with van der Waals surface area (Å²) in [6.07, 6.45) is 4.67. The fourth-order valence-electron chi connectivity index (χ4n) is 9.79. The molecule has 11 atom stereocenters. The molecular formula is C26H44O12S3. The van der Waals surface area contributed by atoms with Crippen LogP contribution in [0.2, 0.25) is 0 Å². The van der Waals surface area contributed by atoms with E-state index in [-0.39, 0.29) is 36.0 Å². The summed E-state index contributed by atoms with van der Waals surface area (Å²) in [6.45, 7) is 10.3. The molecule has 4 saturated carbocycles. The highest BCUT2D eigenvalue weighted by Gasteiger charge is 2.65. The standard InChI is InChI=1S/C26H44O12S3/c1-5-6-7-8-16(2)18-9-10-19-17-13-22(36-39(27,28)29)21-14-23(37-40(30,31)32)24(38-41(33,34)35)15-26(21,4)20(17)11-12-25(18,19)3/h5,16-24H,1,6-15H2,2-4H3,(H,27,28,29)(H,30,31,32)(H,33,34,35)/t16-,17+,18-,19+,20+,21-,22+,23+,24+,25-,26-/m1/s1. The zero-order valence-electron chi connectivity index (χ0n) is 23.8. The maximum atomic E-state index is 12.0. The third kappa shape index (κ3) is 7.19. The zero-order valence-corrected chi connectivity index (χ0v) is 26.2. The van der Waals surface area contributed by atoms with Crippen molar-refractivity contribution < 1.29 is 51.5 Å². The molecule has 12 nitrogen and oxygen atoms in total. The van der Waals surface area contributed by atoms with Crippen LogP contribution < -0.4 is 0 Å². The van der Waals surface area contributed by atoms with Gasteiger partial charge in [0.05, 0.1) is 6.10 Å². The van der Waals surface area contributed by atoms with Crippen molar-refractivity contribution in [3.8, 4) is 0 Å². The fraction of sp³-hybridized carbons (Fsp3) is 0.923. The van der Waals surface area contributed by atoms with Crippen LogP contribution in [0.5, 0.6) is 0 Å². The Morgan fingerprint density at radius 3 is 1.95 bits per heavy atom. The van der Waals surface area contributed by atoms with Gasteiger partial charge in [0.1, 0.15) is 12.2 Å². The summed E-state index contributed by atoms with van der Waals surface area (Å²) in [5, 5.41) is 0. The maximum Gasteiger partial charge on any atom is 0.397 e. The molecule has 41 heavy (non-hydrogen) atoms. The van der Waals surface area contributed by atoms with Crippen LogP contribution in [0.4, 0.5) is 0 Å². The van der Waals surface area contributed by atoms with Crippen LogP contribution in [0.15, 0.2) is 12.7 Å². The summed E-state index contributed by atoms with van der Waals surface area (Å²) in [7, 11) is -15.0. The first-order chi connectivity index (χ1) is 18.8. The number of fused-ring (bicyclic) bond motifs is 5. The summed E-state index contributed by atoms with van der Waals surface area (Å²) < 4.78 is 114. The normalized spacial score (nSPS) is 42.1. The second-order valence-corrected chi connectivity index (χ2v) is 16.4. The molecule has 3 N–H and O–H groups in total. The molecule has 0 bridgehead atoms. The highest BCUT2D eigenvalue weighted by Crippen LogP contribution is 2.69. The van der Waals surface area contributed by atoms with E-state index in [9.17, 15) is 38.9 Å². The zero-order chi connectivity index (χ0) is 30.6. The average molecular weight is 645 g/mol. The Morgan fingerprint density at radius 2 is 1.37 bits per heavy atom. The van der Waals surface area contributed by atoms with Gasteiger partial charge in [-0.1, -0.05) is 33.3 Å². The first-order valence-corrected chi connectivity index (χ1v) is 18.4. The maximum absolute atomic E-state index is 12.0. The van der Waals surface area contributed by atoms with Crippen LogP contribution >= 0.6 is 0 Å². The van der Waals surface area contributed by atoms with Crippen LogP contribution in [-0.4, -0.2) is 57.2 Å². The molecule has 0 aromatic rings. The lowest BCUT2D eigenvalue weighted by atomic mass is 9.43. The van der Waals surface area contributed by atoms with Crippen molar-refractivity contribution >= 4 is 31.2 Å². The van der Waals surface area contributed by atoms with E-state index in [2.05, 4.69) is 20.4 Å². The second kappa shape index (κ2) is 11.7. The summed E-state index contributed by atoms with van der Waals surface area (Å²) in [4.78, 5) is 0. The first-order valence-electron chi connectivity index (χ1n) is 14.4. The molecule has 238 valence electrons. The highest BCUT2D eigenvalue weighted by atomic mass is 32.3. The molecular weight excluding hydrogens is 600 g/mol. The van der Waals surface area contributed by atoms with E-state index in [4.69, 9.17) is 12.5 Å². The van der Waals surface area contributed by atoms with Gasteiger partial charge in [-0.25, -0.2) is 12.5 Å². The summed E-state index contributed by atoms with van der Waals surface area (Å²) in [5.74, 6) is 0.528. The van der Waals surface area contributed by atoms with Crippen LogP contribution in [0.3, 0.4) is 0 Å². The van der Waals surface area contributed by atoms with Gasteiger partial charge < -0.3 is 0 Å². The molecule has 15 heteroatoms. The Morgan fingerprint density at radius 1 is 0.805 bits per heavy atom. The molecule has 4 aliphatic carbocycles. The van der Waals surface area contributed by atoms with Crippen molar-refractivity contribution in [2.75, 3.05) is 0 Å². The van der Waals surface area contributed by atoms with Gasteiger partial charge in [0.15, 0.2) is 0 Å². The topological polar surface area (TPSA) is 191 Å². The molecule has 0 heterocycles. The van der Waals surface area contributed by atoms with Crippen LogP contribution in [-0.2, 0) is 43.7 Å². The molecule has 0 spiro atoms. The first kappa shape index (κ1) is 33.2. The minimum absolute atomic E-state index is 0.00227. The molecule has 0 saturated heterocycles. The Hall–Kier alpha value is -0.650. The lowest BCUT2D eigenvalue weighted by Gasteiger charge is -2.63. The molecule has 0 radical (unpaired) electrons. The quantitative estimate of drug-likeness (QED) is 0.163. The number of hydrogen-bond acceptors (Lipinski definition) is 9. The molecule has 0 unspecified atom stereocenters. The molecule has 4 rings (SSSR count). The van der Waals surface area contributed by atoms with Gasteiger partial charge in [0.2, 0.25) is 0 Å². The average Bonchev–Trinajstić information content (AvgIpc) is 3.15. The Kier molecular flexibility index (Phi) is 9.48. The second-order valence-electron chi connectivity index (χ2n) is 13.3. The Labute approximate surface area is 244 Å². The SMILES string of the molecule is C=CCCC[C@@H](C)[C@H]1CC[C@H]2[C@@H]3C[C@H](OS(=O)(=O)O)[C@H]4C[C@H](OS(=O)(=O)O)[C@@H](OS(=O)(=O)O)C[C@]4(C)[C@H]3CC[C@]12C. The van der Waals surface area contributed by atoms with Gasteiger partial charge in [-0.15, -0.1) is 6.58 Å². The summed E-state index contributed by atoms with van der Waals surface area (Å²) in [6, 6.07) is 0. The van der Waals surface area contributed by atoms with Gasteiger partial charge in [-0.05, 0) is 104 Å². The number of hydrogen-bond donors (Lipinski definition) is 3. The van der Waals surface area contributed by atoms with Crippen LogP contribution in [0.1, 0.15) is 85.0 Å². The highest BCUT2D eigenvalue weighted by molar-refractivity contribution is 7.81. The van der Waals surface area contributed by atoms with E-state index in [0.717, 1.165) is 44.9 Å². The van der Waals surface area contributed by atoms with E-state index < -0.39 is 60.8 Å². The van der Waals surface area contributed by atoms with Crippen LogP contribution in [0, 0.1) is 46.3 Å². The van der Waals surface area contributed by atoms with E-state index in [1.54, 1.807) is 0 Å². The molecule has 4 fully saturated rings.